The number of halogens is 3. The molecular formula is C33H32Cl2FN5O6S2. The zero-order chi connectivity index (χ0) is 35.1. The van der Waals surface area contributed by atoms with Gasteiger partial charge >= 0.3 is 0 Å². The molecule has 258 valence electrons. The first kappa shape index (κ1) is 35.1. The monoisotopic (exact) mass is 747 g/mol. The third kappa shape index (κ3) is 7.12. The largest absolute Gasteiger partial charge is 0.336 e. The predicted octanol–water partition coefficient (Wildman–Crippen LogP) is 4.14. The van der Waals surface area contributed by atoms with E-state index in [0.717, 1.165) is 22.7 Å². The number of nitrogens with zero attached hydrogens (tertiary/aromatic N) is 4. The summed E-state index contributed by atoms with van der Waals surface area (Å²) < 4.78 is 71.6. The SMILES string of the molecule is CS(=O)(=O)NCCN1CCN(C(=O)c2ccc3n(c2=O)[C@H](c2ccc(Cl)cc2)[C@H](c2ccc(Cl)cc2)N3S(=O)(=O)c2ccccc2F)CC1. The molecule has 0 aliphatic carbocycles. The molecule has 0 radical (unpaired) electrons. The third-order valence-electron chi connectivity index (χ3n) is 8.63. The van der Waals surface area contributed by atoms with Crippen LogP contribution >= 0.6 is 23.2 Å². The van der Waals surface area contributed by atoms with Crippen LogP contribution in [0.2, 0.25) is 10.0 Å². The van der Waals surface area contributed by atoms with Crippen LogP contribution in [0.15, 0.2) is 94.6 Å². The molecule has 1 N–H and O–H groups in total. The van der Waals surface area contributed by atoms with Crippen molar-refractivity contribution in [2.45, 2.75) is 17.0 Å². The molecule has 2 aliphatic heterocycles. The Morgan fingerprint density at radius 3 is 1.96 bits per heavy atom. The van der Waals surface area contributed by atoms with E-state index in [1.54, 1.807) is 53.4 Å². The summed E-state index contributed by atoms with van der Waals surface area (Å²) in [6.45, 7) is 2.19. The number of fused-ring (bicyclic) bond motifs is 1. The second kappa shape index (κ2) is 13.8. The summed E-state index contributed by atoms with van der Waals surface area (Å²) in [4.78, 5) is 31.4. The van der Waals surface area contributed by atoms with Gasteiger partial charge in [-0.2, -0.15) is 0 Å². The number of piperazine rings is 1. The molecule has 0 saturated carbocycles. The van der Waals surface area contributed by atoms with E-state index in [4.69, 9.17) is 23.2 Å². The highest BCUT2D eigenvalue weighted by molar-refractivity contribution is 7.92. The van der Waals surface area contributed by atoms with Gasteiger partial charge in [0, 0.05) is 49.3 Å². The number of rotatable bonds is 9. The Bertz CT molecular complexity index is 2160. The summed E-state index contributed by atoms with van der Waals surface area (Å²) in [5.41, 5.74) is 0.129. The summed E-state index contributed by atoms with van der Waals surface area (Å²) in [7, 11) is -7.96. The Balaban J connectivity index is 1.44. The highest BCUT2D eigenvalue weighted by Crippen LogP contribution is 2.49. The fourth-order valence-electron chi connectivity index (χ4n) is 6.30. The fraction of sp³-hybridized carbons (Fsp3) is 0.273. The maximum Gasteiger partial charge on any atom is 0.269 e. The van der Waals surface area contributed by atoms with E-state index >= 15 is 4.39 Å². The number of hydrogen-bond donors (Lipinski definition) is 1. The van der Waals surface area contributed by atoms with E-state index in [9.17, 15) is 26.4 Å². The molecule has 2 atom stereocenters. The average molecular weight is 749 g/mol. The molecule has 2 aliphatic rings. The van der Waals surface area contributed by atoms with Crippen LogP contribution < -0.4 is 14.6 Å². The lowest BCUT2D eigenvalue weighted by Crippen LogP contribution is -2.51. The molecule has 1 saturated heterocycles. The quantitative estimate of drug-likeness (QED) is 0.273. The maximum atomic E-state index is 15.2. The Morgan fingerprint density at radius 2 is 1.39 bits per heavy atom. The summed E-state index contributed by atoms with van der Waals surface area (Å²) in [6.07, 6.45) is 1.09. The molecule has 1 amide bonds. The van der Waals surface area contributed by atoms with E-state index in [1.807, 2.05) is 4.90 Å². The summed E-state index contributed by atoms with van der Waals surface area (Å²) >= 11 is 12.4. The summed E-state index contributed by atoms with van der Waals surface area (Å²) in [6, 6.07) is 18.7. The van der Waals surface area contributed by atoms with Crippen LogP contribution in [-0.4, -0.2) is 82.6 Å². The molecule has 3 aromatic carbocycles. The third-order valence-corrected chi connectivity index (χ3v) is 11.7. The first-order valence-electron chi connectivity index (χ1n) is 15.3. The number of pyridine rings is 1. The van der Waals surface area contributed by atoms with Crippen LogP contribution in [-0.2, 0) is 20.0 Å². The van der Waals surface area contributed by atoms with Crippen molar-refractivity contribution in [2.75, 3.05) is 49.8 Å². The number of anilines is 1. The van der Waals surface area contributed by atoms with Gasteiger partial charge in [-0.1, -0.05) is 59.6 Å². The minimum Gasteiger partial charge on any atom is -0.336 e. The smallest absolute Gasteiger partial charge is 0.269 e. The highest BCUT2D eigenvalue weighted by atomic mass is 35.5. The van der Waals surface area contributed by atoms with Gasteiger partial charge in [-0.05, 0) is 59.7 Å². The number of hydrogen-bond acceptors (Lipinski definition) is 7. The number of benzene rings is 3. The van der Waals surface area contributed by atoms with E-state index < -0.39 is 54.3 Å². The van der Waals surface area contributed by atoms with Gasteiger partial charge in [0.1, 0.15) is 22.1 Å². The number of nitrogens with one attached hydrogen (secondary N) is 1. The first-order chi connectivity index (χ1) is 23.3. The second-order valence-electron chi connectivity index (χ2n) is 11.8. The number of carbonyl (C=O) groups is 1. The van der Waals surface area contributed by atoms with E-state index in [-0.39, 0.29) is 17.9 Å². The molecule has 1 fully saturated rings. The molecule has 11 nitrogen and oxygen atoms in total. The van der Waals surface area contributed by atoms with Crippen molar-refractivity contribution in [1.29, 1.82) is 0 Å². The van der Waals surface area contributed by atoms with E-state index in [1.165, 1.54) is 28.8 Å². The molecule has 1 aromatic heterocycles. The lowest BCUT2D eigenvalue weighted by molar-refractivity contribution is 0.0637. The lowest BCUT2D eigenvalue weighted by atomic mass is 9.94. The predicted molar refractivity (Wildman–Crippen MR) is 186 cm³/mol. The van der Waals surface area contributed by atoms with Gasteiger partial charge in [0.25, 0.3) is 21.5 Å². The van der Waals surface area contributed by atoms with Gasteiger partial charge in [-0.15, -0.1) is 0 Å². The Labute approximate surface area is 293 Å². The average Bonchev–Trinajstić information content (AvgIpc) is 3.42. The Hall–Kier alpha value is -3.79. The first-order valence-corrected chi connectivity index (χ1v) is 19.4. The molecular weight excluding hydrogens is 716 g/mol. The topological polar surface area (TPSA) is 129 Å². The fourth-order valence-corrected chi connectivity index (χ4v) is 8.72. The van der Waals surface area contributed by atoms with Crippen LogP contribution in [0, 0.1) is 5.82 Å². The second-order valence-corrected chi connectivity index (χ2v) is 16.3. The number of aromatic nitrogens is 1. The molecule has 0 unspecified atom stereocenters. The van der Waals surface area contributed by atoms with Crippen LogP contribution in [0.5, 0.6) is 0 Å². The molecule has 0 bridgehead atoms. The lowest BCUT2D eigenvalue weighted by Gasteiger charge is -2.34. The van der Waals surface area contributed by atoms with Gasteiger partial charge in [0.15, 0.2) is 0 Å². The maximum absolute atomic E-state index is 15.2. The minimum absolute atomic E-state index is 0.0482. The van der Waals surface area contributed by atoms with Gasteiger partial charge in [-0.25, -0.2) is 30.3 Å². The number of sulfonamides is 2. The standard InChI is InChI=1S/C33H32Cl2FN5O6S2/c1-48(44,45)37-16-17-38-18-20-39(21-19-38)32(42)26-14-15-29-40(33(26)43)30(22-6-10-24(34)11-7-22)31(23-8-12-25(35)13-9-23)41(29)49(46,47)28-5-3-2-4-27(28)36/h2-15,30-31,37H,16-21H2,1H3/t30-,31+/m1/s1. The van der Waals surface area contributed by atoms with Crippen molar-refractivity contribution >= 4 is 55.0 Å². The molecule has 6 rings (SSSR count). The molecule has 3 heterocycles. The van der Waals surface area contributed by atoms with Gasteiger partial charge in [-0.3, -0.25) is 19.1 Å². The van der Waals surface area contributed by atoms with E-state index in [0.29, 0.717) is 53.9 Å². The minimum atomic E-state index is -4.64. The van der Waals surface area contributed by atoms with Crippen molar-refractivity contribution in [3.63, 3.8) is 0 Å². The van der Waals surface area contributed by atoms with Crippen molar-refractivity contribution in [3.8, 4) is 0 Å². The van der Waals surface area contributed by atoms with Gasteiger partial charge < -0.3 is 4.90 Å². The number of amides is 1. The summed E-state index contributed by atoms with van der Waals surface area (Å²) in [5.74, 6) is -1.53. The van der Waals surface area contributed by atoms with Crippen molar-refractivity contribution in [1.82, 2.24) is 19.1 Å². The molecule has 49 heavy (non-hydrogen) atoms. The van der Waals surface area contributed by atoms with E-state index in [2.05, 4.69) is 4.72 Å². The van der Waals surface area contributed by atoms with Crippen molar-refractivity contribution in [2.24, 2.45) is 0 Å². The Kier molecular flexibility index (Phi) is 9.90. The van der Waals surface area contributed by atoms with Crippen LogP contribution in [0.25, 0.3) is 0 Å². The van der Waals surface area contributed by atoms with Gasteiger partial charge in [0.2, 0.25) is 10.0 Å². The molecule has 0 spiro atoms. The highest BCUT2D eigenvalue weighted by Gasteiger charge is 2.48. The molecule has 16 heteroatoms. The Morgan fingerprint density at radius 1 is 0.816 bits per heavy atom. The number of carbonyl (C=O) groups excluding carboxylic acids is 1. The van der Waals surface area contributed by atoms with Crippen molar-refractivity contribution in [3.05, 3.63) is 128 Å². The zero-order valence-corrected chi connectivity index (χ0v) is 29.3. The summed E-state index contributed by atoms with van der Waals surface area (Å²) in [5, 5.41) is 0.825. The normalized spacial score (nSPS) is 18.4. The van der Waals surface area contributed by atoms with Crippen LogP contribution in [0.3, 0.4) is 0 Å². The van der Waals surface area contributed by atoms with Crippen LogP contribution in [0.4, 0.5) is 10.2 Å². The molecule has 4 aromatic rings. The van der Waals surface area contributed by atoms with Gasteiger partial charge in [0.05, 0.1) is 18.3 Å². The zero-order valence-electron chi connectivity index (χ0n) is 26.2. The van der Waals surface area contributed by atoms with Crippen LogP contribution in [0.1, 0.15) is 33.6 Å². The van der Waals surface area contributed by atoms with Crippen molar-refractivity contribution < 1.29 is 26.0 Å².